The lowest BCUT2D eigenvalue weighted by atomic mass is 9.77. The van der Waals surface area contributed by atoms with E-state index < -0.39 is 0 Å². The normalized spacial score (nSPS) is 17.4. The topological polar surface area (TPSA) is 42.9 Å². The van der Waals surface area contributed by atoms with Gasteiger partial charge in [0.05, 0.1) is 5.56 Å². The molecule has 1 heterocycles. The third-order valence-corrected chi connectivity index (χ3v) is 2.99. The lowest BCUT2D eigenvalue weighted by Gasteiger charge is -2.28. The molecule has 1 aliphatic rings. The molecule has 2 aromatic rings. The van der Waals surface area contributed by atoms with Crippen LogP contribution in [0.1, 0.15) is 33.2 Å². The maximum Gasteiger partial charge on any atom is 0.153 e. The van der Waals surface area contributed by atoms with Crippen molar-refractivity contribution < 1.29 is 4.79 Å². The van der Waals surface area contributed by atoms with Gasteiger partial charge < -0.3 is 0 Å². The zero-order chi connectivity index (χ0) is 11.0. The van der Waals surface area contributed by atoms with E-state index in [1.54, 1.807) is 12.4 Å². The van der Waals surface area contributed by atoms with Gasteiger partial charge in [0.1, 0.15) is 5.82 Å². The molecule has 0 saturated carbocycles. The van der Waals surface area contributed by atoms with Crippen molar-refractivity contribution in [3.63, 3.8) is 0 Å². The average Bonchev–Trinajstić information content (AvgIpc) is 2.32. The molecule has 1 aliphatic carbocycles. The van der Waals surface area contributed by atoms with E-state index >= 15 is 0 Å². The van der Waals surface area contributed by atoms with Gasteiger partial charge in [-0.05, 0) is 17.5 Å². The van der Waals surface area contributed by atoms with Crippen molar-refractivity contribution in [1.82, 2.24) is 9.97 Å². The Kier molecular flexibility index (Phi) is 2.03. The molecular weight excluding hydrogens is 200 g/mol. The number of aldehydes is 1. The van der Waals surface area contributed by atoms with Crippen molar-refractivity contribution in [2.24, 2.45) is 0 Å². The van der Waals surface area contributed by atoms with Gasteiger partial charge in [-0.1, -0.05) is 24.3 Å². The fourth-order valence-electron chi connectivity index (χ4n) is 2.08. The SMILES string of the molecule is O=Cc1cnc(C2Cc3ccccc32)nc1. The maximum absolute atomic E-state index is 10.5. The minimum Gasteiger partial charge on any atom is -0.298 e. The lowest BCUT2D eigenvalue weighted by Crippen LogP contribution is -2.20. The van der Waals surface area contributed by atoms with Gasteiger partial charge in [0.15, 0.2) is 6.29 Å². The third kappa shape index (κ3) is 1.33. The van der Waals surface area contributed by atoms with Gasteiger partial charge >= 0.3 is 0 Å². The van der Waals surface area contributed by atoms with E-state index in [1.165, 1.54) is 11.1 Å². The molecule has 0 fully saturated rings. The molecule has 3 heteroatoms. The zero-order valence-corrected chi connectivity index (χ0v) is 8.63. The summed E-state index contributed by atoms with van der Waals surface area (Å²) in [5.41, 5.74) is 3.20. The molecule has 3 rings (SSSR count). The summed E-state index contributed by atoms with van der Waals surface area (Å²) >= 11 is 0. The molecule has 1 aromatic carbocycles. The van der Waals surface area contributed by atoms with Gasteiger partial charge in [0.2, 0.25) is 0 Å². The highest BCUT2D eigenvalue weighted by molar-refractivity contribution is 5.73. The number of nitrogens with zero attached hydrogens (tertiary/aromatic N) is 2. The fraction of sp³-hybridized carbons (Fsp3) is 0.154. The summed E-state index contributed by atoms with van der Waals surface area (Å²) in [6, 6.07) is 8.32. The Morgan fingerprint density at radius 1 is 1.19 bits per heavy atom. The zero-order valence-electron chi connectivity index (χ0n) is 8.63. The largest absolute Gasteiger partial charge is 0.298 e. The first-order valence-electron chi connectivity index (χ1n) is 5.23. The van der Waals surface area contributed by atoms with E-state index in [-0.39, 0.29) is 0 Å². The highest BCUT2D eigenvalue weighted by Crippen LogP contribution is 2.37. The van der Waals surface area contributed by atoms with Crippen LogP contribution in [0.4, 0.5) is 0 Å². The molecule has 0 amide bonds. The predicted octanol–water partition coefficient (Wildman–Crippen LogP) is 1.98. The molecular formula is C13H10N2O. The first-order valence-corrected chi connectivity index (χ1v) is 5.23. The Labute approximate surface area is 93.2 Å². The van der Waals surface area contributed by atoms with Crippen molar-refractivity contribution in [1.29, 1.82) is 0 Å². The van der Waals surface area contributed by atoms with Gasteiger partial charge in [0, 0.05) is 18.3 Å². The predicted molar refractivity (Wildman–Crippen MR) is 59.4 cm³/mol. The van der Waals surface area contributed by atoms with Crippen LogP contribution in [0.5, 0.6) is 0 Å². The molecule has 1 unspecified atom stereocenters. The van der Waals surface area contributed by atoms with Crippen molar-refractivity contribution in [2.45, 2.75) is 12.3 Å². The van der Waals surface area contributed by atoms with E-state index in [1.807, 2.05) is 12.1 Å². The monoisotopic (exact) mass is 210 g/mol. The van der Waals surface area contributed by atoms with Crippen LogP contribution in [0.25, 0.3) is 0 Å². The van der Waals surface area contributed by atoms with E-state index in [9.17, 15) is 4.79 Å². The summed E-state index contributed by atoms with van der Waals surface area (Å²) < 4.78 is 0. The van der Waals surface area contributed by atoms with Crippen LogP contribution < -0.4 is 0 Å². The molecule has 0 aliphatic heterocycles. The number of rotatable bonds is 2. The summed E-state index contributed by atoms with van der Waals surface area (Å²) in [6.07, 6.45) is 4.92. The minimum atomic E-state index is 0.303. The summed E-state index contributed by atoms with van der Waals surface area (Å²) in [5, 5.41) is 0. The first kappa shape index (κ1) is 9.21. The van der Waals surface area contributed by atoms with Gasteiger partial charge in [-0.2, -0.15) is 0 Å². The Morgan fingerprint density at radius 2 is 1.94 bits per heavy atom. The number of aromatic nitrogens is 2. The second-order valence-corrected chi connectivity index (χ2v) is 3.95. The number of fused-ring (bicyclic) bond motifs is 1. The Bertz CT molecular complexity index is 534. The van der Waals surface area contributed by atoms with Crippen LogP contribution in [-0.4, -0.2) is 16.3 Å². The second-order valence-electron chi connectivity index (χ2n) is 3.95. The molecule has 0 spiro atoms. The Balaban J connectivity index is 1.93. The number of benzene rings is 1. The molecule has 16 heavy (non-hydrogen) atoms. The van der Waals surface area contributed by atoms with Crippen molar-refractivity contribution in [2.75, 3.05) is 0 Å². The number of carbonyl (C=O) groups is 1. The molecule has 0 radical (unpaired) electrons. The van der Waals surface area contributed by atoms with Crippen molar-refractivity contribution >= 4 is 6.29 Å². The van der Waals surface area contributed by atoms with Crippen molar-refractivity contribution in [3.8, 4) is 0 Å². The average molecular weight is 210 g/mol. The van der Waals surface area contributed by atoms with Gasteiger partial charge in [-0.25, -0.2) is 9.97 Å². The quantitative estimate of drug-likeness (QED) is 0.712. The number of hydrogen-bond acceptors (Lipinski definition) is 3. The van der Waals surface area contributed by atoms with Crippen LogP contribution in [0.3, 0.4) is 0 Å². The van der Waals surface area contributed by atoms with Gasteiger partial charge in [-0.3, -0.25) is 4.79 Å². The number of hydrogen-bond donors (Lipinski definition) is 0. The van der Waals surface area contributed by atoms with E-state index in [4.69, 9.17) is 0 Å². The van der Waals surface area contributed by atoms with Gasteiger partial charge in [0.25, 0.3) is 0 Å². The maximum atomic E-state index is 10.5. The van der Waals surface area contributed by atoms with E-state index in [0.717, 1.165) is 18.5 Å². The third-order valence-electron chi connectivity index (χ3n) is 2.99. The van der Waals surface area contributed by atoms with Crippen molar-refractivity contribution in [3.05, 3.63) is 59.2 Å². The summed E-state index contributed by atoms with van der Waals surface area (Å²) in [5.74, 6) is 1.11. The lowest BCUT2D eigenvalue weighted by molar-refractivity contribution is 0.112. The summed E-state index contributed by atoms with van der Waals surface area (Å²) in [6.45, 7) is 0. The minimum absolute atomic E-state index is 0.303. The van der Waals surface area contributed by atoms with Crippen LogP contribution in [0, 0.1) is 0 Å². The van der Waals surface area contributed by atoms with Crippen LogP contribution in [0.2, 0.25) is 0 Å². The Hall–Kier alpha value is -2.03. The molecule has 78 valence electrons. The summed E-state index contributed by atoms with van der Waals surface area (Å²) in [7, 11) is 0. The highest BCUT2D eigenvalue weighted by Gasteiger charge is 2.28. The standard InChI is InChI=1S/C13H10N2O/c16-8-9-6-14-13(15-7-9)12-5-10-3-1-2-4-11(10)12/h1-4,6-8,12H,5H2. The molecule has 0 bridgehead atoms. The smallest absolute Gasteiger partial charge is 0.153 e. The molecule has 3 nitrogen and oxygen atoms in total. The van der Waals surface area contributed by atoms with Crippen LogP contribution >= 0.6 is 0 Å². The van der Waals surface area contributed by atoms with E-state index in [2.05, 4.69) is 22.1 Å². The first-order chi connectivity index (χ1) is 7.88. The highest BCUT2D eigenvalue weighted by atomic mass is 16.1. The molecule has 0 N–H and O–H groups in total. The molecule has 0 saturated heterocycles. The Morgan fingerprint density at radius 3 is 2.62 bits per heavy atom. The fourth-order valence-corrected chi connectivity index (χ4v) is 2.08. The second kappa shape index (κ2) is 3.52. The molecule has 1 aromatic heterocycles. The number of carbonyl (C=O) groups excluding carboxylic acids is 1. The van der Waals surface area contributed by atoms with Crippen LogP contribution in [-0.2, 0) is 6.42 Å². The summed E-state index contributed by atoms with van der Waals surface area (Å²) in [4.78, 5) is 18.9. The van der Waals surface area contributed by atoms with Gasteiger partial charge in [-0.15, -0.1) is 0 Å². The van der Waals surface area contributed by atoms with Crippen LogP contribution in [0.15, 0.2) is 36.7 Å². The molecule has 1 atom stereocenters. The van der Waals surface area contributed by atoms with E-state index in [0.29, 0.717) is 11.5 Å².